The van der Waals surface area contributed by atoms with E-state index >= 15 is 0 Å². The molecule has 2 fully saturated rings. The summed E-state index contributed by atoms with van der Waals surface area (Å²) in [5.41, 5.74) is -3.24. The van der Waals surface area contributed by atoms with Gasteiger partial charge in [-0.2, -0.15) is 0 Å². The quantitative estimate of drug-likeness (QED) is 0.125. The number of carbonyl (C=O) groups is 3. The number of amides is 3. The first-order valence-corrected chi connectivity index (χ1v) is 12.3. The Hall–Kier alpha value is -4.47. The molecule has 0 aliphatic carbocycles. The normalized spacial score (nSPS) is 21.4. The Kier molecular flexibility index (Phi) is 6.73. The number of phenolic OH excluding ortho intramolecular Hbond substituents is 6. The van der Waals surface area contributed by atoms with Crippen molar-refractivity contribution in [3.63, 3.8) is 0 Å². The molecule has 15 nitrogen and oxygen atoms in total. The minimum atomic E-state index is -2.39. The summed E-state index contributed by atoms with van der Waals surface area (Å²) in [7, 11) is 0. The number of aliphatic hydroxyl groups is 1. The highest BCUT2D eigenvalue weighted by molar-refractivity contribution is 6.07. The van der Waals surface area contributed by atoms with E-state index in [1.54, 1.807) is 0 Å². The van der Waals surface area contributed by atoms with Gasteiger partial charge in [0.2, 0.25) is 17.4 Å². The van der Waals surface area contributed by atoms with E-state index in [9.17, 15) is 50.1 Å². The molecule has 40 heavy (non-hydrogen) atoms. The van der Waals surface area contributed by atoms with Crippen LogP contribution in [-0.2, 0) is 34.0 Å². The van der Waals surface area contributed by atoms with Gasteiger partial charge < -0.3 is 45.2 Å². The summed E-state index contributed by atoms with van der Waals surface area (Å²) in [6.07, 6.45) is -0.627. The third-order valence-electron chi connectivity index (χ3n) is 7.33. The van der Waals surface area contributed by atoms with Gasteiger partial charge in [-0.15, -0.1) is 0 Å². The molecule has 0 spiro atoms. The van der Waals surface area contributed by atoms with Crippen molar-refractivity contribution in [1.29, 1.82) is 0 Å². The molecule has 2 saturated heterocycles. The Labute approximate surface area is 226 Å². The van der Waals surface area contributed by atoms with Crippen molar-refractivity contribution in [1.82, 2.24) is 15.1 Å². The van der Waals surface area contributed by atoms with Gasteiger partial charge in [0.25, 0.3) is 11.8 Å². The number of aromatic hydroxyl groups is 6. The van der Waals surface area contributed by atoms with Crippen molar-refractivity contribution in [2.24, 2.45) is 0 Å². The van der Waals surface area contributed by atoms with Crippen molar-refractivity contribution in [2.75, 3.05) is 26.3 Å². The van der Waals surface area contributed by atoms with Crippen LogP contribution in [0.25, 0.3) is 0 Å². The molecule has 2 aromatic carbocycles. The van der Waals surface area contributed by atoms with E-state index in [1.807, 2.05) is 10.2 Å². The molecule has 2 aromatic rings. The van der Waals surface area contributed by atoms with Crippen LogP contribution in [0.15, 0.2) is 6.07 Å². The highest BCUT2D eigenvalue weighted by Gasteiger charge is 2.52. The van der Waals surface area contributed by atoms with Gasteiger partial charge in [0.05, 0.1) is 36.4 Å². The second-order valence-electron chi connectivity index (χ2n) is 9.71. The molecule has 5 rings (SSSR count). The van der Waals surface area contributed by atoms with Crippen LogP contribution in [0.1, 0.15) is 39.9 Å². The minimum Gasteiger partial charge on any atom is -0.504 e. The SMILES string of the molecule is O=C1CCC(O)(N2Cc3c(cc(O)c(O)c3OCc3c(O)c(O)c(CN4CCOCC4)c(O)c3O)C2=O)C(=O)N1. The van der Waals surface area contributed by atoms with E-state index < -0.39 is 82.4 Å². The van der Waals surface area contributed by atoms with Gasteiger partial charge in [0.15, 0.2) is 34.5 Å². The molecule has 1 atom stereocenters. The molecule has 1 unspecified atom stereocenters. The molecule has 0 saturated carbocycles. The average Bonchev–Trinajstić information content (AvgIpc) is 3.26. The number of phenols is 6. The fourth-order valence-corrected chi connectivity index (χ4v) is 5.01. The molecule has 214 valence electrons. The molecular weight excluding hydrogens is 534 g/mol. The van der Waals surface area contributed by atoms with Crippen molar-refractivity contribution in [3.8, 4) is 40.2 Å². The third-order valence-corrected chi connectivity index (χ3v) is 7.33. The number of hydrogen-bond acceptors (Lipinski definition) is 13. The maximum atomic E-state index is 13.1. The number of benzene rings is 2. The molecule has 3 heterocycles. The zero-order valence-electron chi connectivity index (χ0n) is 21.0. The Morgan fingerprint density at radius 1 is 0.925 bits per heavy atom. The molecule has 15 heteroatoms. The average molecular weight is 562 g/mol. The van der Waals surface area contributed by atoms with Crippen molar-refractivity contribution >= 4 is 17.7 Å². The molecule has 0 aromatic heterocycles. The van der Waals surface area contributed by atoms with E-state index in [2.05, 4.69) is 0 Å². The zero-order valence-corrected chi connectivity index (χ0v) is 21.0. The molecule has 3 amide bonds. The van der Waals surface area contributed by atoms with Crippen LogP contribution in [-0.4, -0.2) is 95.3 Å². The minimum absolute atomic E-state index is 0.00414. The molecule has 8 N–H and O–H groups in total. The first-order valence-electron chi connectivity index (χ1n) is 12.3. The van der Waals surface area contributed by atoms with Gasteiger partial charge in [-0.05, 0) is 6.07 Å². The van der Waals surface area contributed by atoms with Crippen LogP contribution < -0.4 is 10.1 Å². The van der Waals surface area contributed by atoms with Crippen LogP contribution in [0.5, 0.6) is 40.2 Å². The lowest BCUT2D eigenvalue weighted by molar-refractivity contribution is -0.168. The van der Waals surface area contributed by atoms with Gasteiger partial charge in [-0.25, -0.2) is 0 Å². The number of hydrogen-bond donors (Lipinski definition) is 8. The Morgan fingerprint density at radius 3 is 2.17 bits per heavy atom. The highest BCUT2D eigenvalue weighted by Crippen LogP contribution is 2.49. The van der Waals surface area contributed by atoms with E-state index in [0.29, 0.717) is 26.3 Å². The molecule has 0 bridgehead atoms. The number of fused-ring (bicyclic) bond motifs is 1. The lowest BCUT2D eigenvalue weighted by Gasteiger charge is -2.37. The smallest absolute Gasteiger partial charge is 0.279 e. The lowest BCUT2D eigenvalue weighted by atomic mass is 10.00. The number of piperidine rings is 1. The maximum absolute atomic E-state index is 13.1. The first kappa shape index (κ1) is 27.1. The van der Waals surface area contributed by atoms with E-state index in [1.165, 1.54) is 0 Å². The maximum Gasteiger partial charge on any atom is 0.279 e. The third kappa shape index (κ3) is 4.33. The highest BCUT2D eigenvalue weighted by atomic mass is 16.5. The van der Waals surface area contributed by atoms with Crippen LogP contribution in [0.2, 0.25) is 0 Å². The number of nitrogens with one attached hydrogen (secondary N) is 1. The second-order valence-corrected chi connectivity index (χ2v) is 9.71. The van der Waals surface area contributed by atoms with E-state index in [-0.39, 0.29) is 36.1 Å². The predicted molar refractivity (Wildman–Crippen MR) is 131 cm³/mol. The monoisotopic (exact) mass is 561 g/mol. The van der Waals surface area contributed by atoms with E-state index in [4.69, 9.17) is 9.47 Å². The Bertz CT molecular complexity index is 1390. The van der Waals surface area contributed by atoms with E-state index in [0.717, 1.165) is 11.0 Å². The van der Waals surface area contributed by atoms with Crippen molar-refractivity contribution in [3.05, 3.63) is 28.3 Å². The number of rotatable bonds is 6. The Morgan fingerprint density at radius 2 is 1.55 bits per heavy atom. The summed E-state index contributed by atoms with van der Waals surface area (Å²) in [6.45, 7) is 0.638. The van der Waals surface area contributed by atoms with Crippen LogP contribution in [0.3, 0.4) is 0 Å². The molecule has 3 aliphatic rings. The van der Waals surface area contributed by atoms with Gasteiger partial charge in [0, 0.05) is 38.0 Å². The summed E-state index contributed by atoms with van der Waals surface area (Å²) >= 11 is 0. The van der Waals surface area contributed by atoms with Gasteiger partial charge in [-0.3, -0.25) is 29.5 Å². The van der Waals surface area contributed by atoms with Gasteiger partial charge in [-0.1, -0.05) is 0 Å². The summed E-state index contributed by atoms with van der Waals surface area (Å²) in [5, 5.41) is 76.1. The molecule has 0 radical (unpaired) electrons. The largest absolute Gasteiger partial charge is 0.504 e. The van der Waals surface area contributed by atoms with Gasteiger partial charge >= 0.3 is 0 Å². The summed E-state index contributed by atoms with van der Waals surface area (Å²) in [4.78, 5) is 39.7. The number of imide groups is 1. The second kappa shape index (κ2) is 9.93. The molecular formula is C25H27N3O12. The van der Waals surface area contributed by atoms with Gasteiger partial charge in [0.1, 0.15) is 6.61 Å². The molecule has 3 aliphatic heterocycles. The van der Waals surface area contributed by atoms with Crippen molar-refractivity contribution < 1.29 is 59.6 Å². The lowest BCUT2D eigenvalue weighted by Crippen LogP contribution is -2.63. The standard InChI is InChI=1S/C25H27N3O12/c29-15-7-11-12(9-28(23(11)36)25(38)2-1-16(30)26-24(25)37)22(21(15)35)40-10-14-19(33)17(31)13(18(32)20(14)34)8-27-3-5-39-6-4-27/h7,29,31-35,38H,1-6,8-10H2,(H,26,30,37). The zero-order chi connectivity index (χ0) is 28.9. The first-order chi connectivity index (χ1) is 18.9. The number of morpholine rings is 1. The number of ether oxygens (including phenoxy) is 2. The predicted octanol–water partition coefficient (Wildman–Crippen LogP) is -0.588. The van der Waals surface area contributed by atoms with Crippen LogP contribution >= 0.6 is 0 Å². The van der Waals surface area contributed by atoms with Crippen molar-refractivity contribution in [2.45, 2.75) is 38.3 Å². The summed E-state index contributed by atoms with van der Waals surface area (Å²) in [5.74, 6) is -7.71. The topological polar surface area (TPSA) is 230 Å². The summed E-state index contributed by atoms with van der Waals surface area (Å²) < 4.78 is 10.8. The number of carbonyl (C=O) groups excluding carboxylic acids is 3. The number of nitrogens with zero attached hydrogens (tertiary/aromatic N) is 2. The fraction of sp³-hybridized carbons (Fsp3) is 0.400. The summed E-state index contributed by atoms with van der Waals surface area (Å²) in [6, 6.07) is 0.919. The Balaban J connectivity index is 1.44. The van der Waals surface area contributed by atoms with Crippen LogP contribution in [0, 0.1) is 0 Å². The fourth-order valence-electron chi connectivity index (χ4n) is 5.01. The van der Waals surface area contributed by atoms with Crippen LogP contribution in [0.4, 0.5) is 0 Å².